The molecule has 0 atom stereocenters. The number of carbonyl (C=O) groups is 1. The highest BCUT2D eigenvalue weighted by Gasteiger charge is 2.40. The fraction of sp³-hybridized carbons (Fsp3) is 0.441. The quantitative estimate of drug-likeness (QED) is 0.300. The Kier molecular flexibility index (Phi) is 11.0. The molecule has 0 aromatic heterocycles. The van der Waals surface area contributed by atoms with Crippen LogP contribution in [0.3, 0.4) is 0 Å². The standard InChI is InChI=1S/C17H24N2O.C17H22O/c1-4-5-15-14-12-13(2)6-7-16(14)20-17(18-15)8-10-19(3)11-9-17;1-4-5-8-16(11-10-14(2)3)17-9-6-7-15(12-17)13-18/h5-7,12,18H,4,8-11H2,1-3H3;5-9,11-14H,4,10H2,1-3H3/b15-5+;8-5-,16-11-. The van der Waals surface area contributed by atoms with Crippen molar-refractivity contribution in [3.05, 3.63) is 89.0 Å². The third-order valence-corrected chi connectivity index (χ3v) is 6.99. The van der Waals surface area contributed by atoms with Crippen molar-refractivity contribution < 1.29 is 9.53 Å². The molecular weight excluding hydrogens is 468 g/mol. The zero-order valence-corrected chi connectivity index (χ0v) is 24.2. The average molecular weight is 515 g/mol. The fourth-order valence-corrected chi connectivity index (χ4v) is 4.75. The predicted octanol–water partition coefficient (Wildman–Crippen LogP) is 8.04. The van der Waals surface area contributed by atoms with Crippen molar-refractivity contribution in [3.63, 3.8) is 0 Å². The minimum atomic E-state index is -0.213. The molecule has 0 radical (unpaired) electrons. The molecule has 1 saturated heterocycles. The van der Waals surface area contributed by atoms with Crippen LogP contribution in [0.2, 0.25) is 0 Å². The minimum Gasteiger partial charge on any atom is -0.467 e. The van der Waals surface area contributed by atoms with Crippen molar-refractivity contribution in [1.82, 2.24) is 10.2 Å². The van der Waals surface area contributed by atoms with Gasteiger partial charge in [-0.1, -0.05) is 81.8 Å². The van der Waals surface area contributed by atoms with Crippen LogP contribution in [0.1, 0.15) is 86.8 Å². The highest BCUT2D eigenvalue weighted by Crippen LogP contribution is 2.38. The van der Waals surface area contributed by atoms with Gasteiger partial charge in [-0.05, 0) is 68.5 Å². The third-order valence-electron chi connectivity index (χ3n) is 6.99. The summed E-state index contributed by atoms with van der Waals surface area (Å²) in [5.41, 5.74) is 6.55. The molecular formula is C34H46N2O2. The second-order valence-corrected chi connectivity index (χ2v) is 10.9. The van der Waals surface area contributed by atoms with Gasteiger partial charge in [-0.25, -0.2) is 0 Å². The lowest BCUT2D eigenvalue weighted by atomic mass is 9.95. The summed E-state index contributed by atoms with van der Waals surface area (Å²) < 4.78 is 6.36. The first-order valence-corrected chi connectivity index (χ1v) is 14.2. The number of nitrogens with zero attached hydrogens (tertiary/aromatic N) is 1. The van der Waals surface area contributed by atoms with Crippen molar-refractivity contribution in [2.45, 2.75) is 72.4 Å². The summed E-state index contributed by atoms with van der Waals surface area (Å²) in [4.78, 5) is 13.2. The van der Waals surface area contributed by atoms with Gasteiger partial charge in [-0.2, -0.15) is 0 Å². The Morgan fingerprint density at radius 1 is 1.11 bits per heavy atom. The molecule has 2 aromatic carbocycles. The third kappa shape index (κ3) is 8.19. The smallest absolute Gasteiger partial charge is 0.183 e. The number of allylic oxidation sites excluding steroid dienone is 5. The summed E-state index contributed by atoms with van der Waals surface area (Å²) in [6, 6.07) is 14.2. The Hall–Kier alpha value is -3.11. The summed E-state index contributed by atoms with van der Waals surface area (Å²) in [7, 11) is 2.18. The average Bonchev–Trinajstić information content (AvgIpc) is 2.91. The van der Waals surface area contributed by atoms with E-state index in [9.17, 15) is 4.79 Å². The van der Waals surface area contributed by atoms with Crippen LogP contribution in [0.5, 0.6) is 5.75 Å². The maximum atomic E-state index is 10.8. The molecule has 2 aromatic rings. The van der Waals surface area contributed by atoms with E-state index in [1.54, 1.807) is 0 Å². The predicted molar refractivity (Wildman–Crippen MR) is 161 cm³/mol. The maximum absolute atomic E-state index is 10.8. The van der Waals surface area contributed by atoms with E-state index in [0.717, 1.165) is 68.4 Å². The number of fused-ring (bicyclic) bond motifs is 1. The number of nitrogens with one attached hydrogen (secondary N) is 1. The summed E-state index contributed by atoms with van der Waals surface area (Å²) in [5.74, 6) is 1.67. The van der Waals surface area contributed by atoms with Crippen LogP contribution in [0.4, 0.5) is 0 Å². The largest absolute Gasteiger partial charge is 0.467 e. The zero-order valence-electron chi connectivity index (χ0n) is 24.2. The summed E-state index contributed by atoms with van der Waals surface area (Å²) >= 11 is 0. The van der Waals surface area contributed by atoms with Gasteiger partial charge in [0.15, 0.2) is 5.72 Å². The maximum Gasteiger partial charge on any atom is 0.183 e. The number of rotatable bonds is 7. The summed E-state index contributed by atoms with van der Waals surface area (Å²) in [5, 5.41) is 3.69. The molecule has 1 fully saturated rings. The number of likely N-dealkylation sites (tertiary alicyclic amines) is 1. The molecule has 0 unspecified atom stereocenters. The fourth-order valence-electron chi connectivity index (χ4n) is 4.75. The van der Waals surface area contributed by atoms with E-state index in [1.807, 2.05) is 18.2 Å². The van der Waals surface area contributed by atoms with E-state index < -0.39 is 0 Å². The molecule has 2 aliphatic rings. The Morgan fingerprint density at radius 2 is 1.87 bits per heavy atom. The number of benzene rings is 2. The molecule has 1 spiro atoms. The van der Waals surface area contributed by atoms with E-state index in [1.165, 1.54) is 22.4 Å². The summed E-state index contributed by atoms with van der Waals surface area (Å²) in [6.45, 7) is 13.0. The Labute approximate surface area is 230 Å². The number of hydrogen-bond acceptors (Lipinski definition) is 4. The molecule has 38 heavy (non-hydrogen) atoms. The van der Waals surface area contributed by atoms with E-state index >= 15 is 0 Å². The van der Waals surface area contributed by atoms with Crippen LogP contribution >= 0.6 is 0 Å². The molecule has 204 valence electrons. The van der Waals surface area contributed by atoms with Gasteiger partial charge in [0.25, 0.3) is 0 Å². The van der Waals surface area contributed by atoms with Gasteiger partial charge in [0.1, 0.15) is 12.0 Å². The van der Waals surface area contributed by atoms with Crippen LogP contribution in [0.25, 0.3) is 11.3 Å². The van der Waals surface area contributed by atoms with Crippen LogP contribution in [0, 0.1) is 12.8 Å². The van der Waals surface area contributed by atoms with Crippen LogP contribution in [-0.4, -0.2) is 37.0 Å². The first-order valence-electron chi connectivity index (χ1n) is 14.2. The second kappa shape index (κ2) is 14.2. The van der Waals surface area contributed by atoms with Gasteiger partial charge in [-0.15, -0.1) is 0 Å². The molecule has 0 bridgehead atoms. The van der Waals surface area contributed by atoms with E-state index in [0.29, 0.717) is 5.92 Å². The molecule has 4 rings (SSSR count). The van der Waals surface area contributed by atoms with Crippen molar-refractivity contribution in [3.8, 4) is 5.75 Å². The molecule has 2 aliphatic heterocycles. The van der Waals surface area contributed by atoms with E-state index in [2.05, 4.69) is 100 Å². The van der Waals surface area contributed by atoms with Gasteiger partial charge in [-0.3, -0.25) is 4.79 Å². The highest BCUT2D eigenvalue weighted by molar-refractivity contribution is 5.80. The Morgan fingerprint density at radius 3 is 2.53 bits per heavy atom. The molecule has 4 nitrogen and oxygen atoms in total. The molecule has 0 amide bonds. The van der Waals surface area contributed by atoms with E-state index in [4.69, 9.17) is 4.74 Å². The van der Waals surface area contributed by atoms with E-state index in [-0.39, 0.29) is 5.72 Å². The molecule has 0 aliphatic carbocycles. The van der Waals surface area contributed by atoms with Crippen molar-refractivity contribution in [2.24, 2.45) is 5.92 Å². The monoisotopic (exact) mass is 514 g/mol. The van der Waals surface area contributed by atoms with Crippen molar-refractivity contribution in [1.29, 1.82) is 0 Å². The summed E-state index contributed by atoms with van der Waals surface area (Å²) in [6.07, 6.45) is 14.9. The van der Waals surface area contributed by atoms with Crippen LogP contribution in [-0.2, 0) is 0 Å². The highest BCUT2D eigenvalue weighted by atomic mass is 16.5. The zero-order chi connectivity index (χ0) is 27.5. The van der Waals surface area contributed by atoms with Gasteiger partial charge in [0, 0.05) is 42.8 Å². The minimum absolute atomic E-state index is 0.213. The van der Waals surface area contributed by atoms with Crippen molar-refractivity contribution in [2.75, 3.05) is 20.1 Å². The molecule has 1 N–H and O–H groups in total. The second-order valence-electron chi connectivity index (χ2n) is 10.9. The first kappa shape index (κ1) is 29.4. The normalized spacial score (nSPS) is 18.1. The van der Waals surface area contributed by atoms with Gasteiger partial charge in [0.05, 0.1) is 0 Å². The molecule has 0 saturated carbocycles. The van der Waals surface area contributed by atoms with Gasteiger partial charge >= 0.3 is 0 Å². The van der Waals surface area contributed by atoms with Crippen molar-refractivity contribution >= 4 is 17.6 Å². The lowest BCUT2D eigenvalue weighted by molar-refractivity contribution is -0.0132. The lowest BCUT2D eigenvalue weighted by Gasteiger charge is -2.45. The SMILES string of the molecule is CC/C=C1/NC2(CCN(C)CC2)Oc2ccc(C)cc21.CC/C=C\C(=C\CC(C)C)c1cccc(C=O)c1. The number of ether oxygens (including phenoxy) is 1. The van der Waals surface area contributed by atoms with Crippen LogP contribution in [0.15, 0.2) is 66.8 Å². The number of aryl methyl sites for hydroxylation is 1. The topological polar surface area (TPSA) is 41.6 Å². The number of carbonyl (C=O) groups excluding carboxylic acids is 1. The van der Waals surface area contributed by atoms with Gasteiger partial charge < -0.3 is 15.0 Å². The Balaban J connectivity index is 0.000000212. The molecule has 2 heterocycles. The van der Waals surface area contributed by atoms with Crippen LogP contribution < -0.4 is 10.1 Å². The lowest BCUT2D eigenvalue weighted by Crippen LogP contribution is -2.57. The number of aldehydes is 1. The first-order chi connectivity index (χ1) is 18.3. The van der Waals surface area contributed by atoms with Gasteiger partial charge in [0.2, 0.25) is 0 Å². The number of piperidine rings is 1. The number of hydrogen-bond donors (Lipinski definition) is 1. The Bertz CT molecular complexity index is 1150. The molecule has 4 heteroatoms.